The second-order valence-electron chi connectivity index (χ2n) is 5.53. The first kappa shape index (κ1) is 13.5. The minimum absolute atomic E-state index is 0.0857. The molecule has 1 aromatic carbocycles. The molecule has 1 N–H and O–H groups in total. The van der Waals surface area contributed by atoms with Crippen molar-refractivity contribution in [1.82, 2.24) is 9.78 Å². The summed E-state index contributed by atoms with van der Waals surface area (Å²) in [7, 11) is 0. The predicted molar refractivity (Wildman–Crippen MR) is 70.9 cm³/mol. The van der Waals surface area contributed by atoms with E-state index in [-0.39, 0.29) is 12.0 Å². The highest BCUT2D eigenvalue weighted by Crippen LogP contribution is 2.19. The summed E-state index contributed by atoms with van der Waals surface area (Å²) in [5, 5.41) is 14.2. The predicted octanol–water partition coefficient (Wildman–Crippen LogP) is 1.87. The number of hydrogen-bond acceptors (Lipinski definition) is 4. The van der Waals surface area contributed by atoms with Crippen molar-refractivity contribution in [2.45, 2.75) is 38.8 Å². The Labute approximate surface area is 111 Å². The molecule has 0 spiro atoms. The monoisotopic (exact) mass is 262 g/mol. The number of aliphatic hydroxyl groups is 1. The quantitative estimate of drug-likeness (QED) is 0.916. The Bertz CT molecular complexity index is 593. The van der Waals surface area contributed by atoms with E-state index in [1.807, 2.05) is 39.0 Å². The van der Waals surface area contributed by atoms with Crippen LogP contribution in [0.5, 0.6) is 0 Å². The van der Waals surface area contributed by atoms with Crippen LogP contribution in [0.4, 0.5) is 0 Å². The maximum absolute atomic E-state index is 11.7. The average molecular weight is 262 g/mol. The van der Waals surface area contributed by atoms with E-state index in [4.69, 9.17) is 4.42 Å². The molecule has 0 saturated carbocycles. The van der Waals surface area contributed by atoms with Gasteiger partial charge in [0.05, 0.1) is 12.6 Å². The fraction of sp³-hybridized carbons (Fsp3) is 0.429. The summed E-state index contributed by atoms with van der Waals surface area (Å²) in [5.41, 5.74) is 0.414. The molecule has 2 rings (SSSR count). The lowest BCUT2D eigenvalue weighted by Gasteiger charge is -2.12. The lowest BCUT2D eigenvalue weighted by molar-refractivity contribution is 0.148. The van der Waals surface area contributed by atoms with Crippen LogP contribution in [0, 0.1) is 0 Å². The van der Waals surface area contributed by atoms with Crippen LogP contribution >= 0.6 is 0 Å². The van der Waals surface area contributed by atoms with Crippen LogP contribution in [0.25, 0.3) is 0 Å². The molecule has 0 aliphatic heterocycles. The van der Waals surface area contributed by atoms with E-state index in [0.29, 0.717) is 5.89 Å². The van der Waals surface area contributed by atoms with Crippen molar-refractivity contribution in [2.75, 3.05) is 0 Å². The first-order chi connectivity index (χ1) is 8.88. The minimum Gasteiger partial charge on any atom is -0.392 e. The maximum Gasteiger partial charge on any atom is 0.437 e. The molecule has 0 amide bonds. The van der Waals surface area contributed by atoms with Gasteiger partial charge in [-0.2, -0.15) is 4.68 Å². The topological polar surface area (TPSA) is 68.3 Å². The number of benzene rings is 1. The third-order valence-electron chi connectivity index (χ3n) is 2.78. The Morgan fingerprint density at radius 3 is 2.47 bits per heavy atom. The van der Waals surface area contributed by atoms with Gasteiger partial charge in [0, 0.05) is 5.41 Å². The van der Waals surface area contributed by atoms with Gasteiger partial charge in [0.25, 0.3) is 0 Å². The molecular weight excluding hydrogens is 244 g/mol. The van der Waals surface area contributed by atoms with Crippen molar-refractivity contribution >= 4 is 0 Å². The van der Waals surface area contributed by atoms with Gasteiger partial charge in [0.15, 0.2) is 0 Å². The summed E-state index contributed by atoms with van der Waals surface area (Å²) < 4.78 is 6.27. The highest BCUT2D eigenvalue weighted by Gasteiger charge is 2.23. The van der Waals surface area contributed by atoms with E-state index in [1.54, 1.807) is 12.1 Å². The summed E-state index contributed by atoms with van der Waals surface area (Å²) in [6.45, 7) is 5.82. The van der Waals surface area contributed by atoms with Crippen molar-refractivity contribution in [2.24, 2.45) is 0 Å². The van der Waals surface area contributed by atoms with Crippen molar-refractivity contribution < 1.29 is 9.52 Å². The van der Waals surface area contributed by atoms with Gasteiger partial charge in [0.2, 0.25) is 5.89 Å². The molecule has 0 radical (unpaired) electrons. The lowest BCUT2D eigenvalue weighted by atomic mass is 9.97. The Balaban J connectivity index is 2.21. The second kappa shape index (κ2) is 5.01. The standard InChI is InChI=1S/C14H18N2O3/c1-14(2,3)12-15-16(13(18)19-12)9-11(17)10-7-5-4-6-8-10/h4-8,11,17H,9H2,1-3H3. The van der Waals surface area contributed by atoms with Crippen LogP contribution in [0.15, 0.2) is 39.5 Å². The largest absolute Gasteiger partial charge is 0.437 e. The summed E-state index contributed by atoms with van der Waals surface area (Å²) in [6, 6.07) is 9.16. The number of rotatable bonds is 3. The summed E-state index contributed by atoms with van der Waals surface area (Å²) >= 11 is 0. The fourth-order valence-electron chi connectivity index (χ4n) is 1.67. The molecule has 102 valence electrons. The highest BCUT2D eigenvalue weighted by atomic mass is 16.4. The highest BCUT2D eigenvalue weighted by molar-refractivity contribution is 5.17. The Morgan fingerprint density at radius 2 is 1.95 bits per heavy atom. The van der Waals surface area contributed by atoms with Crippen molar-refractivity contribution in [3.05, 3.63) is 52.3 Å². The van der Waals surface area contributed by atoms with Gasteiger partial charge in [-0.25, -0.2) is 4.79 Å². The smallest absolute Gasteiger partial charge is 0.392 e. The first-order valence-corrected chi connectivity index (χ1v) is 6.19. The minimum atomic E-state index is -0.781. The molecule has 0 aliphatic rings. The van der Waals surface area contributed by atoms with E-state index in [9.17, 15) is 9.90 Å². The molecule has 5 nitrogen and oxygen atoms in total. The van der Waals surface area contributed by atoms with E-state index in [0.717, 1.165) is 10.2 Å². The molecule has 19 heavy (non-hydrogen) atoms. The van der Waals surface area contributed by atoms with Gasteiger partial charge in [0.1, 0.15) is 0 Å². The zero-order valence-electron chi connectivity index (χ0n) is 11.3. The van der Waals surface area contributed by atoms with Crippen LogP contribution in [-0.4, -0.2) is 14.9 Å². The fourth-order valence-corrected chi connectivity index (χ4v) is 1.67. The van der Waals surface area contributed by atoms with Crippen LogP contribution in [-0.2, 0) is 12.0 Å². The van der Waals surface area contributed by atoms with E-state index in [2.05, 4.69) is 5.10 Å². The second-order valence-corrected chi connectivity index (χ2v) is 5.53. The first-order valence-electron chi connectivity index (χ1n) is 6.19. The molecule has 2 aromatic rings. The summed E-state index contributed by atoms with van der Waals surface area (Å²) in [5.74, 6) is -0.169. The maximum atomic E-state index is 11.7. The van der Waals surface area contributed by atoms with Gasteiger partial charge in [-0.1, -0.05) is 51.1 Å². The number of nitrogens with zero attached hydrogens (tertiary/aromatic N) is 2. The van der Waals surface area contributed by atoms with Crippen LogP contribution in [0.2, 0.25) is 0 Å². The third-order valence-corrected chi connectivity index (χ3v) is 2.78. The molecule has 5 heteroatoms. The van der Waals surface area contributed by atoms with Crippen molar-refractivity contribution in [1.29, 1.82) is 0 Å². The van der Waals surface area contributed by atoms with E-state index >= 15 is 0 Å². The molecule has 0 aliphatic carbocycles. The zero-order valence-corrected chi connectivity index (χ0v) is 11.3. The Morgan fingerprint density at radius 1 is 1.32 bits per heavy atom. The Hall–Kier alpha value is -1.88. The molecule has 1 aromatic heterocycles. The van der Waals surface area contributed by atoms with Gasteiger partial charge in [-0.05, 0) is 5.56 Å². The molecule has 0 fully saturated rings. The van der Waals surface area contributed by atoms with Crippen LogP contribution in [0.3, 0.4) is 0 Å². The SMILES string of the molecule is CC(C)(C)c1nn(CC(O)c2ccccc2)c(=O)o1. The van der Waals surface area contributed by atoms with Crippen molar-refractivity contribution in [3.8, 4) is 0 Å². The van der Waals surface area contributed by atoms with Gasteiger partial charge in [-0.3, -0.25) is 0 Å². The number of aromatic nitrogens is 2. The van der Waals surface area contributed by atoms with Gasteiger partial charge in [-0.15, -0.1) is 5.10 Å². The molecule has 0 saturated heterocycles. The average Bonchev–Trinajstić information content (AvgIpc) is 2.72. The van der Waals surface area contributed by atoms with Crippen LogP contribution in [0.1, 0.15) is 38.3 Å². The molecule has 0 bridgehead atoms. The molecule has 1 atom stereocenters. The Kier molecular flexibility index (Phi) is 3.57. The van der Waals surface area contributed by atoms with Crippen LogP contribution < -0.4 is 5.76 Å². The van der Waals surface area contributed by atoms with E-state index in [1.165, 1.54) is 0 Å². The molecule has 1 unspecified atom stereocenters. The molecule has 1 heterocycles. The van der Waals surface area contributed by atoms with Gasteiger partial charge >= 0.3 is 5.76 Å². The number of hydrogen-bond donors (Lipinski definition) is 1. The normalized spacial score (nSPS) is 13.5. The summed E-state index contributed by atoms with van der Waals surface area (Å²) in [6.07, 6.45) is -0.781. The van der Waals surface area contributed by atoms with Gasteiger partial charge < -0.3 is 9.52 Å². The van der Waals surface area contributed by atoms with E-state index < -0.39 is 11.9 Å². The lowest BCUT2D eigenvalue weighted by Crippen LogP contribution is -2.20. The van der Waals surface area contributed by atoms with Crippen molar-refractivity contribution in [3.63, 3.8) is 0 Å². The molecular formula is C14H18N2O3. The third kappa shape index (κ3) is 3.12. The number of aliphatic hydroxyl groups excluding tert-OH is 1. The summed E-state index contributed by atoms with van der Waals surface area (Å²) in [4.78, 5) is 11.7. The zero-order chi connectivity index (χ0) is 14.0.